The fourth-order valence-corrected chi connectivity index (χ4v) is 4.18. The standard InChI is InChI=1S/C20H26ClN5OS/c1-3-11-26-19(15-5-7-16(21)8-6-15)23-24-20(26)28-14-18(27)22-17-9-12-25(4-2)13-10-17/h3,5-8,17H,1,4,9-14H2,2H3,(H,22,27). The molecule has 1 amide bonds. The van der Waals surface area contributed by atoms with Gasteiger partial charge >= 0.3 is 0 Å². The predicted octanol–water partition coefficient (Wildman–Crippen LogP) is 3.48. The lowest BCUT2D eigenvalue weighted by Crippen LogP contribution is -2.45. The second-order valence-corrected chi connectivity index (χ2v) is 8.16. The van der Waals surface area contributed by atoms with Crippen molar-refractivity contribution in [3.8, 4) is 11.4 Å². The topological polar surface area (TPSA) is 63.1 Å². The number of nitrogens with one attached hydrogen (secondary N) is 1. The lowest BCUT2D eigenvalue weighted by atomic mass is 10.1. The second-order valence-electron chi connectivity index (χ2n) is 6.78. The molecule has 1 fully saturated rings. The lowest BCUT2D eigenvalue weighted by molar-refractivity contribution is -0.119. The molecule has 3 rings (SSSR count). The van der Waals surface area contributed by atoms with Crippen molar-refractivity contribution in [3.05, 3.63) is 41.9 Å². The van der Waals surface area contributed by atoms with Crippen LogP contribution >= 0.6 is 23.4 Å². The van der Waals surface area contributed by atoms with Crippen LogP contribution in [0, 0.1) is 0 Å². The summed E-state index contributed by atoms with van der Waals surface area (Å²) in [4.78, 5) is 14.8. The maximum Gasteiger partial charge on any atom is 0.230 e. The van der Waals surface area contributed by atoms with Gasteiger partial charge in [0.05, 0.1) is 5.75 Å². The van der Waals surface area contributed by atoms with E-state index in [1.807, 2.05) is 28.8 Å². The Hall–Kier alpha value is -1.83. The first kappa shape index (κ1) is 20.9. The van der Waals surface area contributed by atoms with Gasteiger partial charge in [-0.1, -0.05) is 36.4 Å². The van der Waals surface area contributed by atoms with Crippen LogP contribution in [-0.2, 0) is 11.3 Å². The van der Waals surface area contributed by atoms with Crippen molar-refractivity contribution < 1.29 is 4.79 Å². The molecule has 0 spiro atoms. The number of carbonyl (C=O) groups excluding carboxylic acids is 1. The van der Waals surface area contributed by atoms with Crippen LogP contribution in [0.25, 0.3) is 11.4 Å². The summed E-state index contributed by atoms with van der Waals surface area (Å²) in [5, 5.41) is 13.1. The van der Waals surface area contributed by atoms with E-state index in [1.165, 1.54) is 11.8 Å². The normalized spacial score (nSPS) is 15.5. The zero-order chi connectivity index (χ0) is 19.9. The van der Waals surface area contributed by atoms with Gasteiger partial charge in [0.2, 0.25) is 5.91 Å². The molecule has 0 radical (unpaired) electrons. The van der Waals surface area contributed by atoms with Crippen LogP contribution in [0.15, 0.2) is 42.1 Å². The Morgan fingerprint density at radius 2 is 2.04 bits per heavy atom. The summed E-state index contributed by atoms with van der Waals surface area (Å²) in [6, 6.07) is 7.75. The number of allylic oxidation sites excluding steroid dienone is 1. The molecule has 1 aromatic heterocycles. The average Bonchev–Trinajstić information content (AvgIpc) is 3.10. The van der Waals surface area contributed by atoms with Crippen LogP contribution in [0.2, 0.25) is 5.02 Å². The third-order valence-electron chi connectivity index (χ3n) is 4.86. The van der Waals surface area contributed by atoms with Gasteiger partial charge in [0, 0.05) is 36.3 Å². The molecule has 0 saturated carbocycles. The largest absolute Gasteiger partial charge is 0.353 e. The molecular weight excluding hydrogens is 394 g/mol. The molecule has 1 aromatic carbocycles. The van der Waals surface area contributed by atoms with E-state index in [1.54, 1.807) is 6.08 Å². The molecule has 6 nitrogen and oxygen atoms in total. The summed E-state index contributed by atoms with van der Waals surface area (Å²) >= 11 is 7.38. The Labute approximate surface area is 175 Å². The SMILES string of the molecule is C=CCn1c(SCC(=O)NC2CCN(CC)CC2)nnc1-c1ccc(Cl)cc1. The van der Waals surface area contributed by atoms with Crippen molar-refractivity contribution in [2.75, 3.05) is 25.4 Å². The van der Waals surface area contributed by atoms with E-state index in [2.05, 4.69) is 33.9 Å². The zero-order valence-corrected chi connectivity index (χ0v) is 17.7. The Balaban J connectivity index is 1.60. The molecule has 2 aromatic rings. The van der Waals surface area contributed by atoms with Gasteiger partial charge < -0.3 is 10.2 Å². The van der Waals surface area contributed by atoms with Gasteiger partial charge in [0.1, 0.15) is 0 Å². The van der Waals surface area contributed by atoms with Crippen LogP contribution in [0.5, 0.6) is 0 Å². The summed E-state index contributed by atoms with van der Waals surface area (Å²) in [7, 11) is 0. The highest BCUT2D eigenvalue weighted by molar-refractivity contribution is 7.99. The molecule has 0 aliphatic carbocycles. The van der Waals surface area contributed by atoms with Crippen LogP contribution in [0.3, 0.4) is 0 Å². The zero-order valence-electron chi connectivity index (χ0n) is 16.1. The first-order chi connectivity index (χ1) is 13.6. The maximum atomic E-state index is 12.4. The monoisotopic (exact) mass is 419 g/mol. The van der Waals surface area contributed by atoms with Gasteiger partial charge in [-0.15, -0.1) is 16.8 Å². The smallest absolute Gasteiger partial charge is 0.230 e. The molecule has 1 aliphatic rings. The third kappa shape index (κ3) is 5.37. The summed E-state index contributed by atoms with van der Waals surface area (Å²) in [6.07, 6.45) is 3.82. The van der Waals surface area contributed by atoms with Crippen molar-refractivity contribution >= 4 is 29.3 Å². The Kier molecular flexibility index (Phi) is 7.53. The number of carbonyl (C=O) groups is 1. The molecule has 0 atom stereocenters. The van der Waals surface area contributed by atoms with E-state index >= 15 is 0 Å². The van der Waals surface area contributed by atoms with Gasteiger partial charge in [-0.25, -0.2) is 0 Å². The Bertz CT molecular complexity index is 799. The fourth-order valence-electron chi connectivity index (χ4n) is 3.29. The van der Waals surface area contributed by atoms with E-state index in [4.69, 9.17) is 11.6 Å². The van der Waals surface area contributed by atoms with E-state index in [9.17, 15) is 4.79 Å². The van der Waals surface area contributed by atoms with Gasteiger partial charge in [-0.2, -0.15) is 0 Å². The molecule has 2 heterocycles. The van der Waals surface area contributed by atoms with Gasteiger partial charge in [-0.05, 0) is 43.7 Å². The van der Waals surface area contributed by atoms with Crippen LogP contribution in [-0.4, -0.2) is 57.0 Å². The van der Waals surface area contributed by atoms with Crippen LogP contribution in [0.1, 0.15) is 19.8 Å². The highest BCUT2D eigenvalue weighted by Gasteiger charge is 2.20. The number of hydrogen-bond donors (Lipinski definition) is 1. The number of piperidine rings is 1. The predicted molar refractivity (Wildman–Crippen MR) is 115 cm³/mol. The number of aromatic nitrogens is 3. The van der Waals surface area contributed by atoms with Gasteiger partial charge in [-0.3, -0.25) is 9.36 Å². The van der Waals surface area contributed by atoms with E-state index in [0.717, 1.165) is 43.9 Å². The first-order valence-electron chi connectivity index (χ1n) is 9.55. The molecule has 1 saturated heterocycles. The van der Waals surface area contributed by atoms with Gasteiger partial charge in [0.25, 0.3) is 0 Å². The van der Waals surface area contributed by atoms with Crippen LogP contribution < -0.4 is 5.32 Å². The van der Waals surface area contributed by atoms with Crippen molar-refractivity contribution in [1.29, 1.82) is 0 Å². The number of likely N-dealkylation sites (tertiary alicyclic amines) is 1. The number of benzene rings is 1. The summed E-state index contributed by atoms with van der Waals surface area (Å²) in [5.41, 5.74) is 0.928. The molecule has 0 unspecified atom stereocenters. The highest BCUT2D eigenvalue weighted by Crippen LogP contribution is 2.25. The van der Waals surface area contributed by atoms with Crippen molar-refractivity contribution in [3.63, 3.8) is 0 Å². The van der Waals surface area contributed by atoms with Gasteiger partial charge in [0.15, 0.2) is 11.0 Å². The number of nitrogens with zero attached hydrogens (tertiary/aromatic N) is 4. The third-order valence-corrected chi connectivity index (χ3v) is 6.08. The number of rotatable bonds is 8. The highest BCUT2D eigenvalue weighted by atomic mass is 35.5. The first-order valence-corrected chi connectivity index (χ1v) is 10.9. The second kappa shape index (κ2) is 10.1. The number of amides is 1. The van der Waals surface area contributed by atoms with Crippen molar-refractivity contribution in [2.45, 2.75) is 37.5 Å². The summed E-state index contributed by atoms with van der Waals surface area (Å²) in [6.45, 7) is 9.74. The Morgan fingerprint density at radius 3 is 2.68 bits per heavy atom. The van der Waals surface area contributed by atoms with Crippen molar-refractivity contribution in [1.82, 2.24) is 25.0 Å². The number of hydrogen-bond acceptors (Lipinski definition) is 5. The minimum atomic E-state index is 0.0427. The molecule has 0 bridgehead atoms. The molecule has 8 heteroatoms. The molecule has 28 heavy (non-hydrogen) atoms. The fraction of sp³-hybridized carbons (Fsp3) is 0.450. The molecule has 1 N–H and O–H groups in total. The Morgan fingerprint density at radius 1 is 1.32 bits per heavy atom. The molecular formula is C20H26ClN5OS. The summed E-state index contributed by atoms with van der Waals surface area (Å²) < 4.78 is 1.97. The quantitative estimate of drug-likeness (QED) is 0.524. The number of halogens is 1. The van der Waals surface area contributed by atoms with E-state index in [-0.39, 0.29) is 11.9 Å². The van der Waals surface area contributed by atoms with E-state index in [0.29, 0.717) is 22.5 Å². The minimum Gasteiger partial charge on any atom is -0.353 e. The maximum absolute atomic E-state index is 12.4. The van der Waals surface area contributed by atoms with Crippen LogP contribution in [0.4, 0.5) is 0 Å². The minimum absolute atomic E-state index is 0.0427. The lowest BCUT2D eigenvalue weighted by Gasteiger charge is -2.31. The average molecular weight is 420 g/mol. The molecule has 150 valence electrons. The van der Waals surface area contributed by atoms with E-state index < -0.39 is 0 Å². The number of thioether (sulfide) groups is 1. The summed E-state index contributed by atoms with van der Waals surface area (Å²) in [5.74, 6) is 1.11. The van der Waals surface area contributed by atoms with Crippen molar-refractivity contribution in [2.24, 2.45) is 0 Å². The molecule has 1 aliphatic heterocycles.